The molecule has 21 heavy (non-hydrogen) atoms. The number of pyridine rings is 1. The Morgan fingerprint density at radius 2 is 2.19 bits per heavy atom. The van der Waals surface area contributed by atoms with Gasteiger partial charge < -0.3 is 0 Å². The van der Waals surface area contributed by atoms with Gasteiger partial charge in [0.25, 0.3) is 0 Å². The number of aromatic nitrogens is 1. The van der Waals surface area contributed by atoms with Crippen molar-refractivity contribution in [3.63, 3.8) is 0 Å². The van der Waals surface area contributed by atoms with Crippen LogP contribution in [0.4, 0.5) is 13.2 Å². The van der Waals surface area contributed by atoms with E-state index < -0.39 is 17.8 Å². The van der Waals surface area contributed by atoms with Crippen LogP contribution in [-0.4, -0.2) is 4.98 Å². The summed E-state index contributed by atoms with van der Waals surface area (Å²) in [5.41, 5.74) is 2.13. The summed E-state index contributed by atoms with van der Waals surface area (Å²) in [6.45, 7) is 2.13. The minimum atomic E-state index is -4.38. The quantitative estimate of drug-likeness (QED) is 0.656. The second-order valence-electron chi connectivity index (χ2n) is 5.81. The summed E-state index contributed by atoms with van der Waals surface area (Å²) in [6, 6.07) is 0.532. The predicted octanol–water partition coefficient (Wildman–Crippen LogP) is 3.82. The number of hydrogen-bond donors (Lipinski definition) is 2. The zero-order chi connectivity index (χ0) is 15.5. The van der Waals surface area contributed by atoms with Gasteiger partial charge in [-0.3, -0.25) is 16.3 Å². The van der Waals surface area contributed by atoms with Gasteiger partial charge in [0.1, 0.15) is 0 Å². The van der Waals surface area contributed by atoms with Gasteiger partial charge in [-0.2, -0.15) is 13.2 Å². The van der Waals surface area contributed by atoms with Crippen molar-refractivity contribution in [2.24, 2.45) is 17.7 Å². The van der Waals surface area contributed by atoms with Crippen LogP contribution in [-0.2, 0) is 6.18 Å². The van der Waals surface area contributed by atoms with E-state index in [9.17, 15) is 13.2 Å². The molecule has 0 aromatic carbocycles. The van der Waals surface area contributed by atoms with Crippen molar-refractivity contribution < 1.29 is 13.2 Å². The summed E-state index contributed by atoms with van der Waals surface area (Å²) in [5.74, 6) is 6.29. The summed E-state index contributed by atoms with van der Waals surface area (Å²) >= 11 is 0. The molecule has 0 bridgehead atoms. The molecular weight excluding hydrogens is 279 g/mol. The highest BCUT2D eigenvalue weighted by atomic mass is 19.4. The van der Waals surface area contributed by atoms with Crippen molar-refractivity contribution in [3.8, 4) is 0 Å². The van der Waals surface area contributed by atoms with Crippen molar-refractivity contribution in [1.82, 2.24) is 10.4 Å². The van der Waals surface area contributed by atoms with Crippen LogP contribution < -0.4 is 11.3 Å². The lowest BCUT2D eigenvalue weighted by Crippen LogP contribution is -2.37. The molecular formula is C15H22F3N3. The Morgan fingerprint density at radius 1 is 1.43 bits per heavy atom. The number of nitrogens with one attached hydrogen (secondary N) is 1. The SMILES string of the molecule is CCC1CCCC(C(NN)c2cnccc2C(F)(F)F)C1. The van der Waals surface area contributed by atoms with E-state index in [-0.39, 0.29) is 11.5 Å². The maximum absolute atomic E-state index is 13.2. The van der Waals surface area contributed by atoms with Crippen LogP contribution >= 0.6 is 0 Å². The first-order valence-electron chi connectivity index (χ1n) is 7.44. The normalized spacial score (nSPS) is 24.8. The fourth-order valence-electron chi connectivity index (χ4n) is 3.40. The third kappa shape index (κ3) is 3.74. The molecule has 1 saturated carbocycles. The Bertz CT molecular complexity index is 462. The molecule has 1 heterocycles. The minimum Gasteiger partial charge on any atom is -0.271 e. The lowest BCUT2D eigenvalue weighted by atomic mass is 9.75. The van der Waals surface area contributed by atoms with Gasteiger partial charge in [0.2, 0.25) is 0 Å². The van der Waals surface area contributed by atoms with E-state index in [0.717, 1.165) is 38.2 Å². The smallest absolute Gasteiger partial charge is 0.271 e. The van der Waals surface area contributed by atoms with Crippen LogP contribution in [0.15, 0.2) is 18.5 Å². The Hall–Kier alpha value is -1.14. The average Bonchev–Trinajstić information content (AvgIpc) is 2.48. The summed E-state index contributed by atoms with van der Waals surface area (Å²) in [6.07, 6.45) is 3.17. The van der Waals surface area contributed by atoms with E-state index in [2.05, 4.69) is 17.3 Å². The predicted molar refractivity (Wildman–Crippen MR) is 75.0 cm³/mol. The van der Waals surface area contributed by atoms with Crippen LogP contribution in [0.2, 0.25) is 0 Å². The van der Waals surface area contributed by atoms with Gasteiger partial charge in [0.05, 0.1) is 11.6 Å². The fourth-order valence-corrected chi connectivity index (χ4v) is 3.40. The molecule has 1 aliphatic rings. The zero-order valence-corrected chi connectivity index (χ0v) is 12.2. The maximum atomic E-state index is 13.2. The molecule has 2 rings (SSSR count). The van der Waals surface area contributed by atoms with Crippen LogP contribution in [0, 0.1) is 11.8 Å². The third-order valence-corrected chi connectivity index (χ3v) is 4.54. The molecule has 6 heteroatoms. The number of alkyl halides is 3. The second-order valence-corrected chi connectivity index (χ2v) is 5.81. The number of hydrogen-bond acceptors (Lipinski definition) is 3. The van der Waals surface area contributed by atoms with E-state index in [1.807, 2.05) is 0 Å². The molecule has 0 amide bonds. The van der Waals surface area contributed by atoms with Gasteiger partial charge in [-0.15, -0.1) is 0 Å². The van der Waals surface area contributed by atoms with Crippen molar-refractivity contribution in [2.75, 3.05) is 0 Å². The molecule has 1 fully saturated rings. The first kappa shape index (κ1) is 16.2. The Labute approximate surface area is 123 Å². The monoisotopic (exact) mass is 301 g/mol. The molecule has 3 N–H and O–H groups in total. The molecule has 118 valence electrons. The summed E-state index contributed by atoms with van der Waals surface area (Å²) in [5, 5.41) is 0. The largest absolute Gasteiger partial charge is 0.416 e. The van der Waals surface area contributed by atoms with Crippen molar-refractivity contribution in [1.29, 1.82) is 0 Å². The standard InChI is InChI=1S/C15H22F3N3/c1-2-10-4-3-5-11(8-10)14(21-19)12-9-20-7-6-13(12)15(16,17)18/h6-7,9-11,14,21H,2-5,8,19H2,1H3. The highest BCUT2D eigenvalue weighted by Gasteiger charge is 2.38. The first-order valence-corrected chi connectivity index (χ1v) is 7.44. The van der Waals surface area contributed by atoms with E-state index in [4.69, 9.17) is 5.84 Å². The Balaban J connectivity index is 2.29. The van der Waals surface area contributed by atoms with Crippen LogP contribution in [0.3, 0.4) is 0 Å². The summed E-state index contributed by atoms with van der Waals surface area (Å²) < 4.78 is 39.5. The molecule has 0 aliphatic heterocycles. The van der Waals surface area contributed by atoms with E-state index in [1.54, 1.807) is 0 Å². The molecule has 0 spiro atoms. The van der Waals surface area contributed by atoms with Crippen molar-refractivity contribution >= 4 is 0 Å². The van der Waals surface area contributed by atoms with Gasteiger partial charge >= 0.3 is 6.18 Å². The lowest BCUT2D eigenvalue weighted by molar-refractivity contribution is -0.138. The number of nitrogens with two attached hydrogens (primary N) is 1. The van der Waals surface area contributed by atoms with Crippen LogP contribution in [0.1, 0.15) is 56.2 Å². The third-order valence-electron chi connectivity index (χ3n) is 4.54. The van der Waals surface area contributed by atoms with E-state index in [0.29, 0.717) is 5.92 Å². The van der Waals surface area contributed by atoms with Gasteiger partial charge in [-0.05, 0) is 30.7 Å². The maximum Gasteiger partial charge on any atom is 0.416 e. The molecule has 3 unspecified atom stereocenters. The highest BCUT2D eigenvalue weighted by Crippen LogP contribution is 2.41. The van der Waals surface area contributed by atoms with Crippen LogP contribution in [0.25, 0.3) is 0 Å². The first-order chi connectivity index (χ1) is 9.97. The molecule has 0 saturated heterocycles. The second kappa shape index (κ2) is 6.75. The summed E-state index contributed by atoms with van der Waals surface area (Å²) in [4.78, 5) is 3.87. The van der Waals surface area contributed by atoms with Gasteiger partial charge in [0.15, 0.2) is 0 Å². The average molecular weight is 301 g/mol. The molecule has 1 aromatic rings. The van der Waals surface area contributed by atoms with Gasteiger partial charge in [-0.25, -0.2) is 0 Å². The van der Waals surface area contributed by atoms with E-state index >= 15 is 0 Å². The number of nitrogens with zero attached hydrogens (tertiary/aromatic N) is 1. The van der Waals surface area contributed by atoms with E-state index in [1.165, 1.54) is 12.4 Å². The fraction of sp³-hybridized carbons (Fsp3) is 0.667. The number of rotatable bonds is 4. The molecule has 1 aliphatic carbocycles. The minimum absolute atomic E-state index is 0.124. The topological polar surface area (TPSA) is 50.9 Å². The lowest BCUT2D eigenvalue weighted by Gasteiger charge is -2.35. The Morgan fingerprint density at radius 3 is 2.81 bits per heavy atom. The Kier molecular flexibility index (Phi) is 5.22. The molecule has 1 aromatic heterocycles. The van der Waals surface area contributed by atoms with Crippen molar-refractivity contribution in [2.45, 2.75) is 51.2 Å². The van der Waals surface area contributed by atoms with Crippen LogP contribution in [0.5, 0.6) is 0 Å². The molecule has 3 atom stereocenters. The van der Waals surface area contributed by atoms with Gasteiger partial charge in [-0.1, -0.05) is 26.2 Å². The number of hydrazine groups is 1. The number of halogens is 3. The van der Waals surface area contributed by atoms with Gasteiger partial charge in [0, 0.05) is 18.0 Å². The highest BCUT2D eigenvalue weighted by molar-refractivity contribution is 5.29. The summed E-state index contributed by atoms with van der Waals surface area (Å²) in [7, 11) is 0. The zero-order valence-electron chi connectivity index (χ0n) is 12.2. The molecule has 0 radical (unpaired) electrons. The molecule has 3 nitrogen and oxygen atoms in total. The van der Waals surface area contributed by atoms with Crippen molar-refractivity contribution in [3.05, 3.63) is 29.6 Å².